The van der Waals surface area contributed by atoms with Crippen molar-refractivity contribution in [2.45, 2.75) is 38.6 Å². The van der Waals surface area contributed by atoms with Crippen molar-refractivity contribution in [3.63, 3.8) is 0 Å². The number of amides is 1. The number of carbonyl (C=O) groups excluding carboxylic acids is 1. The van der Waals surface area contributed by atoms with Crippen LogP contribution in [0.5, 0.6) is 5.75 Å². The first-order valence-corrected chi connectivity index (χ1v) is 8.23. The highest BCUT2D eigenvalue weighted by Crippen LogP contribution is 2.25. The van der Waals surface area contributed by atoms with Crippen LogP contribution in [0.25, 0.3) is 11.3 Å². The molecule has 0 aliphatic carbocycles. The Morgan fingerprint density at radius 2 is 2.17 bits per heavy atom. The number of H-pyrrole nitrogens is 1. The molecule has 1 unspecified atom stereocenters. The van der Waals surface area contributed by atoms with E-state index >= 15 is 0 Å². The van der Waals surface area contributed by atoms with E-state index in [2.05, 4.69) is 17.1 Å². The minimum absolute atomic E-state index is 0.0632. The van der Waals surface area contributed by atoms with Gasteiger partial charge in [-0.2, -0.15) is 5.10 Å². The molecule has 2 aromatic rings. The fourth-order valence-electron chi connectivity index (χ4n) is 3.23. The second kappa shape index (κ2) is 6.86. The number of nitrogens with one attached hydrogen (secondary N) is 1. The first-order chi connectivity index (χ1) is 11.2. The standard InChI is InChI=1S/C18H23N3O2/c1-3-5-14-6-4-11-21(14)18(22)17-12-16(19-20-17)13-7-9-15(23-2)10-8-13/h7-10,12,14H,3-6,11H2,1-2H3,(H,19,20). The van der Waals surface area contributed by atoms with Gasteiger partial charge in [0.05, 0.1) is 12.8 Å². The maximum absolute atomic E-state index is 12.7. The highest BCUT2D eigenvalue weighted by atomic mass is 16.5. The molecule has 3 rings (SSSR count). The summed E-state index contributed by atoms with van der Waals surface area (Å²) < 4.78 is 5.16. The largest absolute Gasteiger partial charge is 0.497 e. The molecule has 1 saturated heterocycles. The topological polar surface area (TPSA) is 58.2 Å². The van der Waals surface area contributed by atoms with Crippen LogP contribution in [0.3, 0.4) is 0 Å². The minimum atomic E-state index is 0.0632. The summed E-state index contributed by atoms with van der Waals surface area (Å²) in [5.41, 5.74) is 2.31. The number of hydrogen-bond acceptors (Lipinski definition) is 3. The molecule has 2 heterocycles. The molecule has 0 saturated carbocycles. The third-order valence-electron chi connectivity index (χ3n) is 4.45. The Labute approximate surface area is 136 Å². The molecule has 0 spiro atoms. The van der Waals surface area contributed by atoms with E-state index in [0.717, 1.165) is 49.2 Å². The van der Waals surface area contributed by atoms with Gasteiger partial charge in [0.25, 0.3) is 5.91 Å². The lowest BCUT2D eigenvalue weighted by molar-refractivity contribution is 0.0724. The number of aromatic nitrogens is 2. The Bertz CT molecular complexity index is 663. The molecule has 1 aromatic carbocycles. The van der Waals surface area contributed by atoms with Gasteiger partial charge in [0.2, 0.25) is 0 Å². The molecule has 1 aromatic heterocycles. The predicted octanol–water partition coefficient (Wildman–Crippen LogP) is 3.49. The lowest BCUT2D eigenvalue weighted by Crippen LogP contribution is -2.35. The molecule has 1 fully saturated rings. The van der Waals surface area contributed by atoms with Crippen molar-refractivity contribution in [2.75, 3.05) is 13.7 Å². The van der Waals surface area contributed by atoms with E-state index in [4.69, 9.17) is 4.74 Å². The zero-order chi connectivity index (χ0) is 16.2. The van der Waals surface area contributed by atoms with Crippen LogP contribution in [0.1, 0.15) is 43.1 Å². The lowest BCUT2D eigenvalue weighted by Gasteiger charge is -2.23. The van der Waals surface area contributed by atoms with Crippen LogP contribution >= 0.6 is 0 Å². The van der Waals surface area contributed by atoms with E-state index in [1.165, 1.54) is 0 Å². The van der Waals surface area contributed by atoms with Gasteiger partial charge in [-0.05, 0) is 49.6 Å². The van der Waals surface area contributed by atoms with Gasteiger partial charge in [0, 0.05) is 18.2 Å². The van der Waals surface area contributed by atoms with Crippen LogP contribution in [0.4, 0.5) is 0 Å². The Kier molecular flexibility index (Phi) is 4.65. The molecule has 5 nitrogen and oxygen atoms in total. The summed E-state index contributed by atoms with van der Waals surface area (Å²) in [6.07, 6.45) is 4.38. The van der Waals surface area contributed by atoms with Crippen LogP contribution in [-0.4, -0.2) is 40.7 Å². The number of methoxy groups -OCH3 is 1. The minimum Gasteiger partial charge on any atom is -0.497 e. The molecule has 1 aliphatic heterocycles. The monoisotopic (exact) mass is 313 g/mol. The smallest absolute Gasteiger partial charge is 0.272 e. The fourth-order valence-corrected chi connectivity index (χ4v) is 3.23. The average Bonchev–Trinajstić information content (AvgIpc) is 3.24. The zero-order valence-electron chi connectivity index (χ0n) is 13.7. The molecular formula is C18H23N3O2. The van der Waals surface area contributed by atoms with Crippen molar-refractivity contribution in [1.29, 1.82) is 0 Å². The second-order valence-electron chi connectivity index (χ2n) is 5.98. The number of hydrogen-bond donors (Lipinski definition) is 1. The molecule has 1 atom stereocenters. The van der Waals surface area contributed by atoms with Crippen LogP contribution in [0.2, 0.25) is 0 Å². The Morgan fingerprint density at radius 1 is 1.39 bits per heavy atom. The summed E-state index contributed by atoms with van der Waals surface area (Å²) in [5, 5.41) is 7.19. The van der Waals surface area contributed by atoms with Crippen LogP contribution < -0.4 is 4.74 Å². The van der Waals surface area contributed by atoms with Gasteiger partial charge in [0.1, 0.15) is 11.4 Å². The summed E-state index contributed by atoms with van der Waals surface area (Å²) in [4.78, 5) is 14.7. The second-order valence-corrected chi connectivity index (χ2v) is 5.98. The summed E-state index contributed by atoms with van der Waals surface area (Å²) in [5.74, 6) is 0.869. The maximum atomic E-state index is 12.7. The van der Waals surface area contributed by atoms with Gasteiger partial charge < -0.3 is 9.64 Å². The van der Waals surface area contributed by atoms with Crippen LogP contribution in [0, 0.1) is 0 Å². The molecular weight excluding hydrogens is 290 g/mol. The van der Waals surface area contributed by atoms with Gasteiger partial charge in [-0.25, -0.2) is 0 Å². The van der Waals surface area contributed by atoms with Crippen molar-refractivity contribution in [1.82, 2.24) is 15.1 Å². The Morgan fingerprint density at radius 3 is 2.87 bits per heavy atom. The first-order valence-electron chi connectivity index (χ1n) is 8.23. The molecule has 1 aliphatic rings. The summed E-state index contributed by atoms with van der Waals surface area (Å²) >= 11 is 0. The third kappa shape index (κ3) is 3.23. The summed E-state index contributed by atoms with van der Waals surface area (Å²) in [6, 6.07) is 9.89. The van der Waals surface area contributed by atoms with E-state index in [1.54, 1.807) is 7.11 Å². The fraction of sp³-hybridized carbons (Fsp3) is 0.444. The molecule has 1 amide bonds. The molecule has 23 heavy (non-hydrogen) atoms. The van der Waals surface area contributed by atoms with Crippen molar-refractivity contribution in [3.05, 3.63) is 36.0 Å². The maximum Gasteiger partial charge on any atom is 0.272 e. The number of ether oxygens (including phenoxy) is 1. The van der Waals surface area contributed by atoms with E-state index in [1.807, 2.05) is 35.2 Å². The van der Waals surface area contributed by atoms with Crippen molar-refractivity contribution >= 4 is 5.91 Å². The van der Waals surface area contributed by atoms with E-state index < -0.39 is 0 Å². The van der Waals surface area contributed by atoms with Crippen molar-refractivity contribution < 1.29 is 9.53 Å². The summed E-state index contributed by atoms with van der Waals surface area (Å²) in [7, 11) is 1.64. The Hall–Kier alpha value is -2.30. The molecule has 1 N–H and O–H groups in total. The number of aromatic amines is 1. The molecule has 0 bridgehead atoms. The highest BCUT2D eigenvalue weighted by Gasteiger charge is 2.29. The van der Waals surface area contributed by atoms with Crippen molar-refractivity contribution in [3.8, 4) is 17.0 Å². The number of likely N-dealkylation sites (tertiary alicyclic amines) is 1. The van der Waals surface area contributed by atoms with E-state index in [-0.39, 0.29) is 5.91 Å². The normalized spacial score (nSPS) is 17.5. The van der Waals surface area contributed by atoms with Crippen molar-refractivity contribution in [2.24, 2.45) is 0 Å². The zero-order valence-corrected chi connectivity index (χ0v) is 13.7. The van der Waals surface area contributed by atoms with Gasteiger partial charge in [-0.15, -0.1) is 0 Å². The molecule has 0 radical (unpaired) electrons. The molecule has 5 heteroatoms. The van der Waals surface area contributed by atoms with Gasteiger partial charge >= 0.3 is 0 Å². The van der Waals surface area contributed by atoms with E-state index in [9.17, 15) is 4.79 Å². The van der Waals surface area contributed by atoms with Gasteiger partial charge in [-0.3, -0.25) is 9.89 Å². The van der Waals surface area contributed by atoms with Crippen LogP contribution in [-0.2, 0) is 0 Å². The average molecular weight is 313 g/mol. The molecule has 122 valence electrons. The lowest BCUT2D eigenvalue weighted by atomic mass is 10.1. The number of nitrogens with zero attached hydrogens (tertiary/aromatic N) is 2. The summed E-state index contributed by atoms with van der Waals surface area (Å²) in [6.45, 7) is 3.01. The third-order valence-corrected chi connectivity index (χ3v) is 4.45. The van der Waals surface area contributed by atoms with E-state index in [0.29, 0.717) is 11.7 Å². The van der Waals surface area contributed by atoms with Gasteiger partial charge in [-0.1, -0.05) is 13.3 Å². The Balaban J connectivity index is 1.76. The van der Waals surface area contributed by atoms with Gasteiger partial charge in [0.15, 0.2) is 0 Å². The van der Waals surface area contributed by atoms with Crippen LogP contribution in [0.15, 0.2) is 30.3 Å². The number of benzene rings is 1. The highest BCUT2D eigenvalue weighted by molar-refractivity contribution is 5.93. The number of carbonyl (C=O) groups is 1. The predicted molar refractivity (Wildman–Crippen MR) is 89.5 cm³/mol. The first kappa shape index (κ1) is 15.6. The number of rotatable bonds is 5. The SMILES string of the molecule is CCCC1CCCN1C(=O)c1cc(-c2ccc(OC)cc2)n[nH]1. The quantitative estimate of drug-likeness (QED) is 0.919.